The Hall–Kier alpha value is -2.84. The molecule has 1 atom stereocenters. The van der Waals surface area contributed by atoms with E-state index in [4.69, 9.17) is 0 Å². The van der Waals surface area contributed by atoms with Crippen LogP contribution in [0.5, 0.6) is 0 Å². The molecule has 2 heteroatoms. The molecule has 1 fully saturated rings. The molecule has 1 aliphatic rings. The van der Waals surface area contributed by atoms with Gasteiger partial charge in [-0.05, 0) is 37.0 Å². The molecule has 1 unspecified atom stereocenters. The number of aromatic nitrogens is 1. The fourth-order valence-electron chi connectivity index (χ4n) is 4.71. The Balaban J connectivity index is 1.85. The van der Waals surface area contributed by atoms with Crippen molar-refractivity contribution in [1.82, 2.24) is 9.47 Å². The first-order valence-electron chi connectivity index (χ1n) is 10.3. The highest BCUT2D eigenvalue weighted by atomic mass is 15.3. The Bertz CT molecular complexity index is 1070. The van der Waals surface area contributed by atoms with Crippen LogP contribution < -0.4 is 0 Å². The van der Waals surface area contributed by atoms with E-state index in [0.717, 1.165) is 0 Å². The lowest BCUT2D eigenvalue weighted by Crippen LogP contribution is -2.28. The standard InChI is InChI=1S/C26H26N2/c1-20(27-18-10-11-19-27)28-24-17-9-8-16-23(24)25(21-12-4-2-5-13-21)26(28)22-14-6-3-7-15-22/h2-9,12-17,20H,10-11,18-19H2,1H3. The largest absolute Gasteiger partial charge is 0.324 e. The Morgan fingerprint density at radius 2 is 1.25 bits per heavy atom. The third-order valence-electron chi connectivity index (χ3n) is 6.06. The number of likely N-dealkylation sites (tertiary alicyclic amines) is 1. The topological polar surface area (TPSA) is 8.17 Å². The second-order valence-corrected chi connectivity index (χ2v) is 7.72. The summed E-state index contributed by atoms with van der Waals surface area (Å²) in [6, 6.07) is 30.6. The average molecular weight is 367 g/mol. The first-order chi connectivity index (χ1) is 13.8. The molecule has 1 aliphatic heterocycles. The molecule has 1 aromatic heterocycles. The molecular weight excluding hydrogens is 340 g/mol. The van der Waals surface area contributed by atoms with Crippen LogP contribution in [0.25, 0.3) is 33.3 Å². The first kappa shape index (κ1) is 17.3. The van der Waals surface area contributed by atoms with Gasteiger partial charge in [-0.15, -0.1) is 0 Å². The molecule has 0 bridgehead atoms. The van der Waals surface area contributed by atoms with Gasteiger partial charge in [0.2, 0.25) is 0 Å². The summed E-state index contributed by atoms with van der Waals surface area (Å²) in [4.78, 5) is 2.62. The van der Waals surface area contributed by atoms with Gasteiger partial charge in [-0.3, -0.25) is 4.90 Å². The Labute approximate surface area is 167 Å². The monoisotopic (exact) mass is 366 g/mol. The van der Waals surface area contributed by atoms with Crippen LogP contribution in [0.3, 0.4) is 0 Å². The second-order valence-electron chi connectivity index (χ2n) is 7.72. The van der Waals surface area contributed by atoms with Crippen molar-refractivity contribution in [2.75, 3.05) is 13.1 Å². The Morgan fingerprint density at radius 3 is 1.93 bits per heavy atom. The summed E-state index contributed by atoms with van der Waals surface area (Å²) in [6.07, 6.45) is 2.94. The van der Waals surface area contributed by atoms with Crippen molar-refractivity contribution in [2.24, 2.45) is 0 Å². The predicted molar refractivity (Wildman–Crippen MR) is 118 cm³/mol. The summed E-state index contributed by atoms with van der Waals surface area (Å²) in [5, 5.41) is 1.33. The lowest BCUT2D eigenvalue weighted by molar-refractivity contribution is 0.200. The van der Waals surface area contributed by atoms with Gasteiger partial charge in [-0.1, -0.05) is 78.9 Å². The van der Waals surface area contributed by atoms with E-state index < -0.39 is 0 Å². The molecule has 0 amide bonds. The zero-order valence-corrected chi connectivity index (χ0v) is 16.4. The number of hydrogen-bond donors (Lipinski definition) is 0. The smallest absolute Gasteiger partial charge is 0.0842 e. The molecule has 28 heavy (non-hydrogen) atoms. The van der Waals surface area contributed by atoms with Crippen molar-refractivity contribution in [3.63, 3.8) is 0 Å². The zero-order chi connectivity index (χ0) is 18.9. The fraction of sp³-hybridized carbons (Fsp3) is 0.231. The van der Waals surface area contributed by atoms with Gasteiger partial charge in [-0.2, -0.15) is 0 Å². The van der Waals surface area contributed by atoms with Gasteiger partial charge >= 0.3 is 0 Å². The lowest BCUT2D eigenvalue weighted by Gasteiger charge is -2.28. The van der Waals surface area contributed by atoms with Gasteiger partial charge in [0, 0.05) is 24.0 Å². The van der Waals surface area contributed by atoms with Gasteiger partial charge in [0.1, 0.15) is 0 Å². The molecule has 1 saturated heterocycles. The summed E-state index contributed by atoms with van der Waals surface area (Å²) in [6.45, 7) is 4.73. The lowest BCUT2D eigenvalue weighted by atomic mass is 9.98. The molecule has 5 rings (SSSR count). The number of nitrogens with zero attached hydrogens (tertiary/aromatic N) is 2. The van der Waals surface area contributed by atoms with Gasteiger partial charge in [0.05, 0.1) is 17.4 Å². The molecule has 0 radical (unpaired) electrons. The molecule has 0 spiro atoms. The zero-order valence-electron chi connectivity index (χ0n) is 16.4. The normalized spacial score (nSPS) is 15.9. The van der Waals surface area contributed by atoms with Crippen molar-refractivity contribution in [3.8, 4) is 22.4 Å². The number of fused-ring (bicyclic) bond motifs is 1. The maximum Gasteiger partial charge on any atom is 0.0842 e. The van der Waals surface area contributed by atoms with Crippen LogP contribution in [0, 0.1) is 0 Å². The third kappa shape index (κ3) is 2.85. The summed E-state index contributed by atoms with van der Waals surface area (Å²) in [7, 11) is 0. The van der Waals surface area contributed by atoms with Crippen molar-refractivity contribution in [2.45, 2.75) is 25.9 Å². The van der Waals surface area contributed by atoms with Gasteiger partial charge in [0.15, 0.2) is 0 Å². The van der Waals surface area contributed by atoms with E-state index in [1.165, 1.54) is 59.2 Å². The summed E-state index contributed by atoms with van der Waals surface area (Å²) in [5.41, 5.74) is 6.55. The highest BCUT2D eigenvalue weighted by Crippen LogP contribution is 2.43. The van der Waals surface area contributed by atoms with E-state index in [1.54, 1.807) is 0 Å². The minimum absolute atomic E-state index is 0.333. The number of para-hydroxylation sites is 1. The minimum Gasteiger partial charge on any atom is -0.324 e. The molecule has 2 heterocycles. The van der Waals surface area contributed by atoms with E-state index in [-0.39, 0.29) is 0 Å². The fourth-order valence-corrected chi connectivity index (χ4v) is 4.71. The van der Waals surface area contributed by atoms with E-state index in [0.29, 0.717) is 6.17 Å². The Kier molecular flexibility index (Phi) is 4.50. The van der Waals surface area contributed by atoms with Crippen LogP contribution >= 0.6 is 0 Å². The minimum atomic E-state index is 0.333. The van der Waals surface area contributed by atoms with Gasteiger partial charge in [-0.25, -0.2) is 0 Å². The molecule has 4 aromatic rings. The summed E-state index contributed by atoms with van der Waals surface area (Å²) >= 11 is 0. The maximum atomic E-state index is 2.62. The summed E-state index contributed by atoms with van der Waals surface area (Å²) in [5.74, 6) is 0. The third-order valence-corrected chi connectivity index (χ3v) is 6.06. The predicted octanol–water partition coefficient (Wildman–Crippen LogP) is 6.59. The van der Waals surface area contributed by atoms with Crippen LogP contribution in [0.1, 0.15) is 25.9 Å². The highest BCUT2D eigenvalue weighted by molar-refractivity contribution is 6.04. The highest BCUT2D eigenvalue weighted by Gasteiger charge is 2.26. The van der Waals surface area contributed by atoms with E-state index in [2.05, 4.69) is 101 Å². The molecule has 0 aliphatic carbocycles. The quantitative estimate of drug-likeness (QED) is 0.395. The van der Waals surface area contributed by atoms with Gasteiger partial charge < -0.3 is 4.57 Å². The molecule has 0 N–H and O–H groups in total. The van der Waals surface area contributed by atoms with E-state index in [1.807, 2.05) is 0 Å². The molecule has 0 saturated carbocycles. The van der Waals surface area contributed by atoms with Crippen LogP contribution in [0.15, 0.2) is 84.9 Å². The average Bonchev–Trinajstić information content (AvgIpc) is 3.41. The van der Waals surface area contributed by atoms with E-state index >= 15 is 0 Å². The first-order valence-corrected chi connectivity index (χ1v) is 10.3. The van der Waals surface area contributed by atoms with Crippen LogP contribution in [0.4, 0.5) is 0 Å². The second kappa shape index (κ2) is 7.29. The molecule has 3 aromatic carbocycles. The van der Waals surface area contributed by atoms with Crippen molar-refractivity contribution >= 4 is 10.9 Å². The van der Waals surface area contributed by atoms with Crippen molar-refractivity contribution in [3.05, 3.63) is 84.9 Å². The van der Waals surface area contributed by atoms with Crippen molar-refractivity contribution < 1.29 is 0 Å². The van der Waals surface area contributed by atoms with Crippen LogP contribution in [-0.4, -0.2) is 22.6 Å². The van der Waals surface area contributed by atoms with Crippen LogP contribution in [0.2, 0.25) is 0 Å². The number of benzene rings is 3. The molecular formula is C26H26N2. The summed E-state index contributed by atoms with van der Waals surface area (Å²) < 4.78 is 2.57. The maximum absolute atomic E-state index is 2.62. The van der Waals surface area contributed by atoms with Crippen molar-refractivity contribution in [1.29, 1.82) is 0 Å². The number of rotatable bonds is 4. The molecule has 140 valence electrons. The van der Waals surface area contributed by atoms with Crippen LogP contribution in [-0.2, 0) is 0 Å². The Morgan fingerprint density at radius 1 is 0.679 bits per heavy atom. The molecule has 2 nitrogen and oxygen atoms in total. The van der Waals surface area contributed by atoms with Gasteiger partial charge in [0.25, 0.3) is 0 Å². The number of hydrogen-bond acceptors (Lipinski definition) is 1. The van der Waals surface area contributed by atoms with E-state index in [9.17, 15) is 0 Å². The SMILES string of the molecule is CC(N1CCCC1)n1c(-c2ccccc2)c(-c2ccccc2)c2ccccc21.